The topological polar surface area (TPSA) is 93.8 Å². The number of amides is 1. The normalized spacial score (nSPS) is 15.0. The highest BCUT2D eigenvalue weighted by atomic mass is 16.5. The zero-order valence-electron chi connectivity index (χ0n) is 14.6. The van der Waals surface area contributed by atoms with Crippen molar-refractivity contribution in [2.75, 3.05) is 45.3 Å². The molecule has 1 fully saturated rings. The van der Waals surface area contributed by atoms with Crippen LogP contribution in [0.15, 0.2) is 16.7 Å². The van der Waals surface area contributed by atoms with Crippen LogP contribution in [0.3, 0.4) is 0 Å². The van der Waals surface area contributed by atoms with Crippen molar-refractivity contribution in [2.24, 2.45) is 0 Å². The van der Waals surface area contributed by atoms with E-state index >= 15 is 0 Å². The molecule has 0 radical (unpaired) electrons. The molecule has 3 heterocycles. The van der Waals surface area contributed by atoms with Crippen molar-refractivity contribution < 1.29 is 18.8 Å². The zero-order chi connectivity index (χ0) is 17.8. The van der Waals surface area contributed by atoms with Crippen molar-refractivity contribution in [1.82, 2.24) is 20.0 Å². The number of ether oxygens (including phenoxy) is 2. The van der Waals surface area contributed by atoms with Gasteiger partial charge in [-0.05, 0) is 13.3 Å². The quantitative estimate of drug-likeness (QED) is 0.813. The molecule has 1 saturated heterocycles. The molecule has 0 aromatic carbocycles. The molecule has 9 heteroatoms. The summed E-state index contributed by atoms with van der Waals surface area (Å²) in [6, 6.07) is 3.28. The summed E-state index contributed by atoms with van der Waals surface area (Å²) in [4.78, 5) is 25.1. The molecule has 9 nitrogen and oxygen atoms in total. The summed E-state index contributed by atoms with van der Waals surface area (Å²) in [6.45, 7) is 4.30. The van der Waals surface area contributed by atoms with E-state index in [1.807, 2.05) is 4.90 Å². The van der Waals surface area contributed by atoms with Gasteiger partial charge in [0.15, 0.2) is 5.69 Å². The molecular formula is C16H21N5O4. The highest BCUT2D eigenvalue weighted by molar-refractivity contribution is 5.92. The van der Waals surface area contributed by atoms with E-state index in [1.165, 1.54) is 0 Å². The molecule has 1 aliphatic heterocycles. The number of hydrogen-bond acceptors (Lipinski definition) is 8. The average molecular weight is 347 g/mol. The Labute approximate surface area is 145 Å². The van der Waals surface area contributed by atoms with Gasteiger partial charge >= 0.3 is 0 Å². The molecule has 25 heavy (non-hydrogen) atoms. The standard InChI is InChI=1S/C16H21N5O4/c1-11-9-12(19-25-11)15(22)20-5-4-6-21(8-7-20)16-17-13(23-2)10-14(18-16)24-3/h9-10H,4-8H2,1-3H3. The van der Waals surface area contributed by atoms with Gasteiger partial charge in [0, 0.05) is 32.2 Å². The van der Waals surface area contributed by atoms with E-state index < -0.39 is 0 Å². The first-order chi connectivity index (χ1) is 12.1. The zero-order valence-corrected chi connectivity index (χ0v) is 14.6. The number of anilines is 1. The molecule has 0 aliphatic carbocycles. The smallest absolute Gasteiger partial charge is 0.276 e. The Bertz CT molecular complexity index is 726. The van der Waals surface area contributed by atoms with E-state index in [-0.39, 0.29) is 5.91 Å². The first-order valence-corrected chi connectivity index (χ1v) is 8.05. The third kappa shape index (κ3) is 3.81. The summed E-state index contributed by atoms with van der Waals surface area (Å²) in [5.41, 5.74) is 0.338. The first-order valence-electron chi connectivity index (χ1n) is 8.05. The fourth-order valence-electron chi connectivity index (χ4n) is 2.69. The van der Waals surface area contributed by atoms with Gasteiger partial charge in [-0.25, -0.2) is 0 Å². The van der Waals surface area contributed by atoms with Crippen LogP contribution in [0.1, 0.15) is 22.7 Å². The summed E-state index contributed by atoms with van der Waals surface area (Å²) in [6.07, 6.45) is 0.797. The molecule has 1 amide bonds. The van der Waals surface area contributed by atoms with Gasteiger partial charge in [-0.15, -0.1) is 0 Å². The fourth-order valence-corrected chi connectivity index (χ4v) is 2.69. The largest absolute Gasteiger partial charge is 0.481 e. The predicted molar refractivity (Wildman–Crippen MR) is 89.1 cm³/mol. The molecule has 2 aromatic rings. The van der Waals surface area contributed by atoms with Gasteiger partial charge in [0.25, 0.3) is 5.91 Å². The molecule has 0 spiro atoms. The maximum absolute atomic E-state index is 12.5. The van der Waals surface area contributed by atoms with Gasteiger partial charge in [0.05, 0.1) is 20.3 Å². The van der Waals surface area contributed by atoms with Crippen LogP contribution in [0.5, 0.6) is 11.8 Å². The molecule has 0 atom stereocenters. The van der Waals surface area contributed by atoms with Gasteiger partial charge < -0.3 is 23.8 Å². The van der Waals surface area contributed by atoms with Crippen LogP contribution in [0.4, 0.5) is 5.95 Å². The first kappa shape index (κ1) is 17.0. The van der Waals surface area contributed by atoms with Crippen molar-refractivity contribution in [3.05, 3.63) is 23.6 Å². The summed E-state index contributed by atoms with van der Waals surface area (Å²) in [5, 5.41) is 3.81. The molecule has 1 aliphatic rings. The average Bonchev–Trinajstić information content (AvgIpc) is 2.92. The molecule has 3 rings (SSSR count). The third-order valence-corrected chi connectivity index (χ3v) is 4.00. The van der Waals surface area contributed by atoms with Gasteiger partial charge in [-0.1, -0.05) is 5.16 Å². The molecule has 0 unspecified atom stereocenters. The Morgan fingerprint density at radius 2 is 1.80 bits per heavy atom. The van der Waals surface area contributed by atoms with E-state index in [4.69, 9.17) is 14.0 Å². The molecule has 0 bridgehead atoms. The molecule has 2 aromatic heterocycles. The Morgan fingerprint density at radius 1 is 1.08 bits per heavy atom. The van der Waals surface area contributed by atoms with E-state index in [0.29, 0.717) is 48.8 Å². The summed E-state index contributed by atoms with van der Waals surface area (Å²) >= 11 is 0. The minimum atomic E-state index is -0.122. The van der Waals surface area contributed by atoms with Crippen molar-refractivity contribution in [3.63, 3.8) is 0 Å². The van der Waals surface area contributed by atoms with Gasteiger partial charge in [0.2, 0.25) is 17.7 Å². The second-order valence-corrected chi connectivity index (χ2v) is 5.71. The van der Waals surface area contributed by atoms with Crippen LogP contribution < -0.4 is 14.4 Å². The summed E-state index contributed by atoms with van der Waals surface area (Å²) < 4.78 is 15.4. The number of aryl methyl sites for hydroxylation is 1. The molecule has 0 N–H and O–H groups in total. The van der Waals surface area contributed by atoms with Gasteiger partial charge in [-0.3, -0.25) is 4.79 Å². The van der Waals surface area contributed by atoms with Crippen LogP contribution in [0.25, 0.3) is 0 Å². The second kappa shape index (κ2) is 7.37. The highest BCUT2D eigenvalue weighted by Gasteiger charge is 2.24. The summed E-state index contributed by atoms with van der Waals surface area (Å²) in [7, 11) is 3.10. The molecule has 0 saturated carbocycles. The number of aromatic nitrogens is 3. The van der Waals surface area contributed by atoms with Crippen LogP contribution in [-0.2, 0) is 0 Å². The Morgan fingerprint density at radius 3 is 2.40 bits per heavy atom. The maximum Gasteiger partial charge on any atom is 0.276 e. The van der Waals surface area contributed by atoms with Crippen molar-refractivity contribution in [2.45, 2.75) is 13.3 Å². The lowest BCUT2D eigenvalue weighted by atomic mass is 10.3. The van der Waals surface area contributed by atoms with Crippen LogP contribution in [0, 0.1) is 6.92 Å². The lowest BCUT2D eigenvalue weighted by Crippen LogP contribution is -2.35. The van der Waals surface area contributed by atoms with Crippen molar-refractivity contribution in [1.29, 1.82) is 0 Å². The Kier molecular flexibility index (Phi) is 5.01. The van der Waals surface area contributed by atoms with E-state index in [1.54, 1.807) is 38.2 Å². The van der Waals surface area contributed by atoms with Crippen LogP contribution in [-0.4, -0.2) is 66.3 Å². The minimum Gasteiger partial charge on any atom is -0.481 e. The number of hydrogen-bond donors (Lipinski definition) is 0. The molecular weight excluding hydrogens is 326 g/mol. The van der Waals surface area contributed by atoms with E-state index in [9.17, 15) is 4.79 Å². The maximum atomic E-state index is 12.5. The van der Waals surface area contributed by atoms with Crippen LogP contribution in [0.2, 0.25) is 0 Å². The SMILES string of the molecule is COc1cc(OC)nc(N2CCCN(C(=O)c3cc(C)on3)CC2)n1. The number of nitrogens with zero attached hydrogens (tertiary/aromatic N) is 5. The lowest BCUT2D eigenvalue weighted by Gasteiger charge is -2.22. The number of carbonyl (C=O) groups excluding carboxylic acids is 1. The van der Waals surface area contributed by atoms with Crippen molar-refractivity contribution in [3.8, 4) is 11.8 Å². The van der Waals surface area contributed by atoms with E-state index in [2.05, 4.69) is 15.1 Å². The number of carbonyl (C=O) groups is 1. The number of rotatable bonds is 4. The fraction of sp³-hybridized carbons (Fsp3) is 0.500. The van der Waals surface area contributed by atoms with E-state index in [0.717, 1.165) is 13.0 Å². The van der Waals surface area contributed by atoms with Gasteiger partial charge in [0.1, 0.15) is 5.76 Å². The third-order valence-electron chi connectivity index (χ3n) is 4.00. The monoisotopic (exact) mass is 347 g/mol. The second-order valence-electron chi connectivity index (χ2n) is 5.71. The lowest BCUT2D eigenvalue weighted by molar-refractivity contribution is 0.0756. The predicted octanol–water partition coefficient (Wildman–Crippen LogP) is 1.14. The Balaban J connectivity index is 1.72. The number of methoxy groups -OCH3 is 2. The highest BCUT2D eigenvalue weighted by Crippen LogP contribution is 2.21. The van der Waals surface area contributed by atoms with Gasteiger partial charge in [-0.2, -0.15) is 9.97 Å². The Hall–Kier alpha value is -2.84. The van der Waals surface area contributed by atoms with Crippen molar-refractivity contribution >= 4 is 11.9 Å². The summed E-state index contributed by atoms with van der Waals surface area (Å²) in [5.74, 6) is 1.91. The van der Waals surface area contributed by atoms with Crippen LogP contribution >= 0.6 is 0 Å². The minimum absolute atomic E-state index is 0.122. The molecule has 134 valence electrons.